The molecular weight excluding hydrogens is 314 g/mol. The number of carbonyl (C=O) groups excluding carboxylic acids is 1. The van der Waals surface area contributed by atoms with Gasteiger partial charge in [-0.1, -0.05) is 23.7 Å². The minimum atomic E-state index is 0.00945. The molecule has 1 aromatic carbocycles. The molecular formula is C17H16ClN3O2. The van der Waals surface area contributed by atoms with Crippen LogP contribution in [0.25, 0.3) is 11.1 Å². The summed E-state index contributed by atoms with van der Waals surface area (Å²) in [4.78, 5) is 19.8. The molecule has 0 aliphatic carbocycles. The number of nitrogens with one attached hydrogen (secondary N) is 1. The molecule has 3 heterocycles. The minimum absolute atomic E-state index is 0.00945. The van der Waals surface area contributed by atoms with Crippen molar-refractivity contribution < 1.29 is 9.21 Å². The molecule has 2 aromatic heterocycles. The second-order valence-corrected chi connectivity index (χ2v) is 6.02. The lowest BCUT2D eigenvalue weighted by Gasteiger charge is -2.36. The monoisotopic (exact) mass is 329 g/mol. The molecule has 0 radical (unpaired) electrons. The number of furan rings is 1. The van der Waals surface area contributed by atoms with E-state index in [1.54, 1.807) is 12.3 Å². The van der Waals surface area contributed by atoms with E-state index in [2.05, 4.69) is 9.88 Å². The summed E-state index contributed by atoms with van der Waals surface area (Å²) < 4.78 is 5.30. The summed E-state index contributed by atoms with van der Waals surface area (Å²) in [5.74, 6) is 0.00945. The van der Waals surface area contributed by atoms with E-state index in [0.29, 0.717) is 24.4 Å². The zero-order valence-corrected chi connectivity index (χ0v) is 13.2. The van der Waals surface area contributed by atoms with Gasteiger partial charge in [-0.3, -0.25) is 4.79 Å². The molecule has 1 aliphatic heterocycles. The number of nitrogens with zero attached hydrogens (tertiary/aromatic N) is 2. The van der Waals surface area contributed by atoms with Crippen molar-refractivity contribution in [2.45, 2.75) is 0 Å². The van der Waals surface area contributed by atoms with Gasteiger partial charge in [0.2, 0.25) is 0 Å². The first-order chi connectivity index (χ1) is 11.2. The van der Waals surface area contributed by atoms with Gasteiger partial charge in [0.15, 0.2) is 5.58 Å². The van der Waals surface area contributed by atoms with Crippen LogP contribution in [0, 0.1) is 0 Å². The van der Waals surface area contributed by atoms with Crippen LogP contribution in [0.5, 0.6) is 0 Å². The third-order valence-electron chi connectivity index (χ3n) is 4.23. The molecule has 4 rings (SSSR count). The quantitative estimate of drug-likeness (QED) is 0.784. The van der Waals surface area contributed by atoms with Crippen molar-refractivity contribution in [3.05, 3.63) is 53.4 Å². The van der Waals surface area contributed by atoms with Crippen molar-refractivity contribution in [1.29, 1.82) is 0 Å². The van der Waals surface area contributed by atoms with Crippen LogP contribution in [-0.4, -0.2) is 42.0 Å². The van der Waals surface area contributed by atoms with Gasteiger partial charge >= 0.3 is 0 Å². The van der Waals surface area contributed by atoms with Gasteiger partial charge in [-0.15, -0.1) is 0 Å². The predicted molar refractivity (Wildman–Crippen MR) is 90.1 cm³/mol. The number of fused-ring (bicyclic) bond motifs is 1. The van der Waals surface area contributed by atoms with E-state index in [1.807, 2.05) is 35.2 Å². The van der Waals surface area contributed by atoms with Gasteiger partial charge in [-0.2, -0.15) is 0 Å². The van der Waals surface area contributed by atoms with Crippen molar-refractivity contribution in [3.63, 3.8) is 0 Å². The van der Waals surface area contributed by atoms with Gasteiger partial charge in [0, 0.05) is 38.3 Å². The fourth-order valence-corrected chi connectivity index (χ4v) is 3.25. The molecule has 0 spiro atoms. The van der Waals surface area contributed by atoms with Crippen LogP contribution in [0.15, 0.2) is 47.1 Å². The smallest absolute Gasteiger partial charge is 0.270 e. The summed E-state index contributed by atoms with van der Waals surface area (Å²) >= 11 is 6.25. The lowest BCUT2D eigenvalue weighted by Crippen LogP contribution is -2.49. The third-order valence-corrected chi connectivity index (χ3v) is 4.55. The molecule has 1 amide bonds. The van der Waals surface area contributed by atoms with Gasteiger partial charge in [-0.05, 0) is 12.1 Å². The maximum absolute atomic E-state index is 12.6. The molecule has 0 bridgehead atoms. The highest BCUT2D eigenvalue weighted by molar-refractivity contribution is 6.33. The SMILES string of the molecule is O=C(c1cc2occc2[nH]1)N1CCN(c2ccccc2Cl)CC1. The standard InChI is InChI=1S/C17H16ClN3O2/c18-12-3-1-2-4-15(12)20-6-8-21(9-7-20)17(22)14-11-16-13(19-14)5-10-23-16/h1-5,10-11,19H,6-9H2. The molecule has 5 nitrogen and oxygen atoms in total. The molecule has 1 fully saturated rings. The van der Waals surface area contributed by atoms with Crippen LogP contribution >= 0.6 is 11.6 Å². The Labute approximate surface area is 138 Å². The Balaban J connectivity index is 1.46. The predicted octanol–water partition coefficient (Wildman–Crippen LogP) is 3.38. The van der Waals surface area contributed by atoms with Crippen molar-refractivity contribution in [2.75, 3.05) is 31.1 Å². The molecule has 0 saturated carbocycles. The first-order valence-electron chi connectivity index (χ1n) is 7.57. The van der Waals surface area contributed by atoms with Gasteiger partial charge in [0.05, 0.1) is 22.5 Å². The van der Waals surface area contributed by atoms with Gasteiger partial charge in [0.25, 0.3) is 5.91 Å². The van der Waals surface area contributed by atoms with Crippen molar-refractivity contribution in [3.8, 4) is 0 Å². The zero-order valence-electron chi connectivity index (χ0n) is 12.5. The molecule has 1 N–H and O–H groups in total. The molecule has 1 saturated heterocycles. The largest absolute Gasteiger partial charge is 0.463 e. The summed E-state index contributed by atoms with van der Waals surface area (Å²) in [7, 11) is 0. The molecule has 6 heteroatoms. The zero-order chi connectivity index (χ0) is 15.8. The number of aromatic amines is 1. The van der Waals surface area contributed by atoms with E-state index in [0.717, 1.165) is 29.3 Å². The van der Waals surface area contributed by atoms with Crippen LogP contribution in [0.2, 0.25) is 5.02 Å². The van der Waals surface area contributed by atoms with Gasteiger partial charge < -0.3 is 19.2 Å². The maximum atomic E-state index is 12.6. The highest BCUT2D eigenvalue weighted by Gasteiger charge is 2.24. The first-order valence-corrected chi connectivity index (χ1v) is 7.95. The minimum Gasteiger partial charge on any atom is -0.463 e. The summed E-state index contributed by atoms with van der Waals surface area (Å²) in [6.07, 6.45) is 1.61. The van der Waals surface area contributed by atoms with Crippen LogP contribution in [0.3, 0.4) is 0 Å². The van der Waals surface area contributed by atoms with Crippen LogP contribution < -0.4 is 4.90 Å². The summed E-state index contributed by atoms with van der Waals surface area (Å²) in [5, 5.41) is 0.747. The van der Waals surface area contributed by atoms with E-state index in [4.69, 9.17) is 16.0 Å². The molecule has 1 aliphatic rings. The topological polar surface area (TPSA) is 52.5 Å². The average Bonchev–Trinajstić information content (AvgIpc) is 3.16. The number of aromatic nitrogens is 1. The van der Waals surface area contributed by atoms with Crippen LogP contribution in [-0.2, 0) is 0 Å². The Kier molecular flexibility index (Phi) is 3.50. The molecule has 0 unspecified atom stereocenters. The van der Waals surface area contributed by atoms with E-state index in [-0.39, 0.29) is 5.91 Å². The Morgan fingerprint density at radius 2 is 1.91 bits per heavy atom. The number of anilines is 1. The van der Waals surface area contributed by atoms with Gasteiger partial charge in [-0.25, -0.2) is 0 Å². The van der Waals surface area contributed by atoms with Crippen LogP contribution in [0.4, 0.5) is 5.69 Å². The third kappa shape index (κ3) is 2.57. The van der Waals surface area contributed by atoms with Gasteiger partial charge in [0.1, 0.15) is 5.69 Å². The van der Waals surface area contributed by atoms with E-state index >= 15 is 0 Å². The fraction of sp³-hybridized carbons (Fsp3) is 0.235. The van der Waals surface area contributed by atoms with Crippen molar-refractivity contribution in [2.24, 2.45) is 0 Å². The van der Waals surface area contributed by atoms with E-state index in [1.165, 1.54) is 0 Å². The van der Waals surface area contributed by atoms with E-state index < -0.39 is 0 Å². The van der Waals surface area contributed by atoms with Crippen molar-refractivity contribution >= 4 is 34.3 Å². The Morgan fingerprint density at radius 1 is 1.13 bits per heavy atom. The second kappa shape index (κ2) is 5.66. The number of halogens is 1. The highest BCUT2D eigenvalue weighted by Crippen LogP contribution is 2.26. The Hall–Kier alpha value is -2.40. The number of H-pyrrole nitrogens is 1. The number of piperazine rings is 1. The number of hydrogen-bond acceptors (Lipinski definition) is 3. The normalized spacial score (nSPS) is 15.3. The molecule has 0 atom stereocenters. The number of hydrogen-bond donors (Lipinski definition) is 1. The van der Waals surface area contributed by atoms with E-state index in [9.17, 15) is 4.79 Å². The Bertz CT molecular complexity index is 818. The van der Waals surface area contributed by atoms with Crippen molar-refractivity contribution in [1.82, 2.24) is 9.88 Å². The summed E-state index contributed by atoms with van der Waals surface area (Å²) in [6, 6.07) is 11.4. The average molecular weight is 330 g/mol. The fourth-order valence-electron chi connectivity index (χ4n) is 2.99. The number of para-hydroxylation sites is 1. The number of carbonyl (C=O) groups is 1. The first kappa shape index (κ1) is 14.2. The second-order valence-electron chi connectivity index (χ2n) is 5.61. The number of rotatable bonds is 2. The summed E-state index contributed by atoms with van der Waals surface area (Å²) in [5.41, 5.74) is 3.16. The molecule has 3 aromatic rings. The highest BCUT2D eigenvalue weighted by atomic mass is 35.5. The molecule has 118 valence electrons. The summed E-state index contributed by atoms with van der Waals surface area (Å²) in [6.45, 7) is 2.88. The lowest BCUT2D eigenvalue weighted by atomic mass is 10.2. The number of benzene rings is 1. The lowest BCUT2D eigenvalue weighted by molar-refractivity contribution is 0.0742. The maximum Gasteiger partial charge on any atom is 0.270 e. The van der Waals surface area contributed by atoms with Crippen LogP contribution in [0.1, 0.15) is 10.5 Å². The molecule has 23 heavy (non-hydrogen) atoms. The Morgan fingerprint density at radius 3 is 2.65 bits per heavy atom. The number of amides is 1.